The molecule has 2 heteroatoms. The number of nitrogens with one attached hydrogen (secondary N) is 1. The molecule has 0 aliphatic carbocycles. The number of hydrogen-bond acceptors (Lipinski definition) is 2. The molecular weight excluding hydrogens is 220 g/mol. The molecule has 0 amide bonds. The summed E-state index contributed by atoms with van der Waals surface area (Å²) in [6.45, 7) is 2.24. The van der Waals surface area contributed by atoms with Crippen LogP contribution in [0.4, 0.5) is 0 Å². The summed E-state index contributed by atoms with van der Waals surface area (Å²) < 4.78 is 0. The molecule has 0 aliphatic rings. The Labute approximate surface area is 109 Å². The van der Waals surface area contributed by atoms with Crippen LogP contribution in [0.3, 0.4) is 0 Å². The molecule has 0 fully saturated rings. The van der Waals surface area contributed by atoms with E-state index in [2.05, 4.69) is 48.7 Å². The molecule has 0 bridgehead atoms. The molecule has 2 aromatic rings. The van der Waals surface area contributed by atoms with Crippen LogP contribution in [-0.2, 0) is 0 Å². The number of rotatable bonds is 5. The van der Waals surface area contributed by atoms with Crippen molar-refractivity contribution in [3.63, 3.8) is 0 Å². The Morgan fingerprint density at radius 1 is 0.889 bits per heavy atom. The molecule has 0 saturated heterocycles. The lowest BCUT2D eigenvalue weighted by Crippen LogP contribution is -2.29. The maximum absolute atomic E-state index is 5.68. The van der Waals surface area contributed by atoms with Crippen molar-refractivity contribution in [2.75, 3.05) is 0 Å². The number of hydrogen-bond donors (Lipinski definition) is 2. The van der Waals surface area contributed by atoms with Crippen LogP contribution in [0.15, 0.2) is 60.7 Å². The minimum Gasteiger partial charge on any atom is -0.271 e. The third kappa shape index (κ3) is 3.19. The highest BCUT2D eigenvalue weighted by Gasteiger charge is 2.14. The highest BCUT2D eigenvalue weighted by Crippen LogP contribution is 2.27. The summed E-state index contributed by atoms with van der Waals surface area (Å²) in [6, 6.07) is 21.1. The molecular formula is C16H20N2. The molecule has 0 spiro atoms. The lowest BCUT2D eigenvalue weighted by atomic mass is 9.91. The Hall–Kier alpha value is -1.64. The van der Waals surface area contributed by atoms with Gasteiger partial charge in [-0.05, 0) is 23.5 Å². The van der Waals surface area contributed by atoms with Crippen molar-refractivity contribution in [3.05, 3.63) is 71.8 Å². The second-order valence-electron chi connectivity index (χ2n) is 4.68. The van der Waals surface area contributed by atoms with Crippen molar-refractivity contribution in [2.45, 2.75) is 25.3 Å². The predicted octanol–water partition coefficient (Wildman–Crippen LogP) is 3.38. The third-order valence-electron chi connectivity index (χ3n) is 3.36. The van der Waals surface area contributed by atoms with Gasteiger partial charge in [-0.2, -0.15) is 0 Å². The van der Waals surface area contributed by atoms with Gasteiger partial charge in [-0.25, -0.2) is 0 Å². The highest BCUT2D eigenvalue weighted by atomic mass is 15.2. The van der Waals surface area contributed by atoms with Crippen LogP contribution >= 0.6 is 0 Å². The van der Waals surface area contributed by atoms with E-state index in [9.17, 15) is 0 Å². The molecule has 0 saturated carbocycles. The minimum absolute atomic E-state index is 0.196. The fourth-order valence-electron chi connectivity index (χ4n) is 2.26. The average Bonchev–Trinajstić information content (AvgIpc) is 2.46. The van der Waals surface area contributed by atoms with E-state index in [0.717, 1.165) is 6.42 Å². The zero-order valence-electron chi connectivity index (χ0n) is 10.7. The van der Waals surface area contributed by atoms with Gasteiger partial charge in [-0.15, -0.1) is 0 Å². The van der Waals surface area contributed by atoms with Crippen LogP contribution in [0.25, 0.3) is 0 Å². The average molecular weight is 240 g/mol. The largest absolute Gasteiger partial charge is 0.271 e. The van der Waals surface area contributed by atoms with E-state index in [1.807, 2.05) is 24.3 Å². The van der Waals surface area contributed by atoms with Crippen molar-refractivity contribution < 1.29 is 0 Å². The summed E-state index contributed by atoms with van der Waals surface area (Å²) in [5, 5.41) is 0. The van der Waals surface area contributed by atoms with E-state index in [1.165, 1.54) is 11.1 Å². The van der Waals surface area contributed by atoms with Gasteiger partial charge in [0.25, 0.3) is 0 Å². The van der Waals surface area contributed by atoms with Gasteiger partial charge in [-0.3, -0.25) is 11.3 Å². The van der Waals surface area contributed by atoms with Crippen LogP contribution in [0.1, 0.15) is 36.4 Å². The van der Waals surface area contributed by atoms with Gasteiger partial charge in [0.05, 0.1) is 0 Å². The number of benzene rings is 2. The van der Waals surface area contributed by atoms with Gasteiger partial charge < -0.3 is 0 Å². The topological polar surface area (TPSA) is 38.0 Å². The molecule has 0 aliphatic heterocycles. The lowest BCUT2D eigenvalue weighted by molar-refractivity contribution is 0.477. The quantitative estimate of drug-likeness (QED) is 0.621. The first-order valence-electron chi connectivity index (χ1n) is 6.37. The van der Waals surface area contributed by atoms with E-state index < -0.39 is 0 Å². The Morgan fingerprint density at radius 2 is 1.39 bits per heavy atom. The second kappa shape index (κ2) is 6.34. The first kappa shape index (κ1) is 12.8. The van der Waals surface area contributed by atoms with Gasteiger partial charge in [0.15, 0.2) is 0 Å². The highest BCUT2D eigenvalue weighted by molar-refractivity contribution is 5.22. The predicted molar refractivity (Wildman–Crippen MR) is 76.0 cm³/mol. The van der Waals surface area contributed by atoms with E-state index in [1.54, 1.807) is 0 Å². The summed E-state index contributed by atoms with van der Waals surface area (Å²) in [5.74, 6) is 6.16. The van der Waals surface area contributed by atoms with Crippen molar-refractivity contribution in [1.29, 1.82) is 0 Å². The molecule has 3 N–H and O–H groups in total. The third-order valence-corrected chi connectivity index (χ3v) is 3.36. The number of hydrazine groups is 1. The van der Waals surface area contributed by atoms with Crippen LogP contribution in [0.5, 0.6) is 0 Å². The Balaban J connectivity index is 2.07. The lowest BCUT2D eigenvalue weighted by Gasteiger charge is -2.21. The Bertz CT molecular complexity index is 453. The van der Waals surface area contributed by atoms with Crippen molar-refractivity contribution in [2.24, 2.45) is 5.84 Å². The molecule has 0 aromatic heterocycles. The Kier molecular flexibility index (Phi) is 4.51. The van der Waals surface area contributed by atoms with Crippen LogP contribution in [0, 0.1) is 0 Å². The SMILES string of the molecule is C[C@H](C[C@@H](NN)c1ccccc1)c1ccccc1. The van der Waals surface area contributed by atoms with E-state index in [-0.39, 0.29) is 6.04 Å². The molecule has 0 heterocycles. The summed E-state index contributed by atoms with van der Waals surface area (Å²) in [6.07, 6.45) is 0.991. The van der Waals surface area contributed by atoms with Crippen LogP contribution in [-0.4, -0.2) is 0 Å². The molecule has 18 heavy (non-hydrogen) atoms. The summed E-state index contributed by atoms with van der Waals surface area (Å²) in [4.78, 5) is 0. The van der Waals surface area contributed by atoms with Gasteiger partial charge in [0, 0.05) is 6.04 Å². The van der Waals surface area contributed by atoms with Gasteiger partial charge in [0.1, 0.15) is 0 Å². The molecule has 0 unspecified atom stereocenters. The molecule has 2 nitrogen and oxygen atoms in total. The van der Waals surface area contributed by atoms with Gasteiger partial charge in [0.2, 0.25) is 0 Å². The summed E-state index contributed by atoms with van der Waals surface area (Å²) >= 11 is 0. The number of nitrogens with two attached hydrogens (primary N) is 1. The fourth-order valence-corrected chi connectivity index (χ4v) is 2.26. The molecule has 0 radical (unpaired) electrons. The molecule has 2 rings (SSSR count). The van der Waals surface area contributed by atoms with E-state index in [4.69, 9.17) is 5.84 Å². The monoisotopic (exact) mass is 240 g/mol. The summed E-state index contributed by atoms with van der Waals surface area (Å²) in [5.41, 5.74) is 5.51. The minimum atomic E-state index is 0.196. The maximum atomic E-state index is 5.68. The van der Waals surface area contributed by atoms with Gasteiger partial charge in [-0.1, -0.05) is 67.6 Å². The smallest absolute Gasteiger partial charge is 0.0465 e. The zero-order valence-corrected chi connectivity index (χ0v) is 10.7. The zero-order chi connectivity index (χ0) is 12.8. The normalized spacial score (nSPS) is 14.1. The van der Waals surface area contributed by atoms with Crippen molar-refractivity contribution >= 4 is 0 Å². The Morgan fingerprint density at radius 3 is 1.89 bits per heavy atom. The van der Waals surface area contributed by atoms with Gasteiger partial charge >= 0.3 is 0 Å². The fraction of sp³-hybridized carbons (Fsp3) is 0.250. The molecule has 94 valence electrons. The standard InChI is InChI=1S/C16H20N2/c1-13(14-8-4-2-5-9-14)12-16(18-17)15-10-6-3-7-11-15/h2-11,13,16,18H,12,17H2,1H3/t13-,16-/m1/s1. The molecule has 2 atom stereocenters. The van der Waals surface area contributed by atoms with Crippen LogP contribution in [0.2, 0.25) is 0 Å². The van der Waals surface area contributed by atoms with E-state index >= 15 is 0 Å². The first-order chi connectivity index (χ1) is 8.81. The van der Waals surface area contributed by atoms with Crippen LogP contribution < -0.4 is 11.3 Å². The van der Waals surface area contributed by atoms with E-state index in [0.29, 0.717) is 5.92 Å². The summed E-state index contributed by atoms with van der Waals surface area (Å²) in [7, 11) is 0. The van der Waals surface area contributed by atoms with Crippen molar-refractivity contribution in [1.82, 2.24) is 5.43 Å². The van der Waals surface area contributed by atoms with Crippen molar-refractivity contribution in [3.8, 4) is 0 Å². The maximum Gasteiger partial charge on any atom is 0.0465 e. The second-order valence-corrected chi connectivity index (χ2v) is 4.68. The molecule has 2 aromatic carbocycles. The first-order valence-corrected chi connectivity index (χ1v) is 6.37.